The van der Waals surface area contributed by atoms with E-state index < -0.39 is 6.10 Å². The smallest absolute Gasteiger partial charge is 0.121 e. The highest BCUT2D eigenvalue weighted by molar-refractivity contribution is 5.85. The van der Waals surface area contributed by atoms with Gasteiger partial charge >= 0.3 is 0 Å². The third kappa shape index (κ3) is 2.48. The molecule has 3 aromatic rings. The number of hydrogen-bond donors (Lipinski definition) is 1. The maximum atomic E-state index is 10.7. The Hall–Kier alpha value is -2.39. The molecule has 1 heterocycles. The van der Waals surface area contributed by atoms with E-state index >= 15 is 0 Å². The van der Waals surface area contributed by atoms with E-state index in [0.717, 1.165) is 33.2 Å². The number of ether oxygens (including phenoxy) is 1. The molecule has 0 radical (unpaired) electrons. The van der Waals surface area contributed by atoms with Crippen LogP contribution in [0.5, 0.6) is 5.75 Å². The van der Waals surface area contributed by atoms with E-state index in [1.54, 1.807) is 19.5 Å². The van der Waals surface area contributed by atoms with Crippen molar-refractivity contribution < 1.29 is 9.84 Å². The quantitative estimate of drug-likeness (QED) is 0.796. The van der Waals surface area contributed by atoms with Crippen LogP contribution in [-0.2, 0) is 0 Å². The summed E-state index contributed by atoms with van der Waals surface area (Å²) in [4.78, 5) is 4.16. The van der Waals surface area contributed by atoms with Gasteiger partial charge in [0.15, 0.2) is 0 Å². The number of fused-ring (bicyclic) bond motifs is 1. The number of nitrogens with zero attached hydrogens (tertiary/aromatic N) is 1. The zero-order valence-electron chi connectivity index (χ0n) is 12.1. The van der Waals surface area contributed by atoms with Crippen molar-refractivity contribution >= 4 is 10.8 Å². The number of aryl methyl sites for hydroxylation is 1. The summed E-state index contributed by atoms with van der Waals surface area (Å²) in [6.07, 6.45) is 2.88. The van der Waals surface area contributed by atoms with Crippen LogP contribution >= 0.6 is 0 Å². The average molecular weight is 279 g/mol. The number of pyridine rings is 1. The molecule has 3 nitrogen and oxygen atoms in total. The topological polar surface area (TPSA) is 42.4 Å². The fraction of sp³-hybridized carbons (Fsp3) is 0.167. The Morgan fingerprint density at radius 1 is 1.14 bits per heavy atom. The van der Waals surface area contributed by atoms with E-state index in [1.165, 1.54) is 0 Å². The lowest BCUT2D eigenvalue weighted by Crippen LogP contribution is -2.01. The van der Waals surface area contributed by atoms with Crippen LogP contribution in [0.4, 0.5) is 0 Å². The maximum absolute atomic E-state index is 10.7. The molecule has 106 valence electrons. The van der Waals surface area contributed by atoms with Crippen molar-refractivity contribution in [2.75, 3.05) is 7.11 Å². The number of aromatic nitrogens is 1. The Balaban J connectivity index is 2.08. The van der Waals surface area contributed by atoms with Crippen molar-refractivity contribution in [2.45, 2.75) is 13.0 Å². The van der Waals surface area contributed by atoms with E-state index in [1.807, 2.05) is 49.4 Å². The zero-order chi connectivity index (χ0) is 14.8. The van der Waals surface area contributed by atoms with Crippen LogP contribution in [0.25, 0.3) is 10.8 Å². The van der Waals surface area contributed by atoms with E-state index in [2.05, 4.69) is 4.98 Å². The van der Waals surface area contributed by atoms with Crippen LogP contribution in [0.15, 0.2) is 54.9 Å². The lowest BCUT2D eigenvalue weighted by atomic mass is 9.96. The molecule has 0 bridgehead atoms. The summed E-state index contributed by atoms with van der Waals surface area (Å²) in [6.45, 7) is 1.97. The van der Waals surface area contributed by atoms with Gasteiger partial charge in [0.1, 0.15) is 11.9 Å². The van der Waals surface area contributed by atoms with E-state index in [9.17, 15) is 5.11 Å². The normalized spacial score (nSPS) is 12.3. The summed E-state index contributed by atoms with van der Waals surface area (Å²) >= 11 is 0. The molecule has 0 aliphatic rings. The molecule has 1 N–H and O–H groups in total. The van der Waals surface area contributed by atoms with Gasteiger partial charge in [-0.3, -0.25) is 4.98 Å². The largest absolute Gasteiger partial charge is 0.496 e. The molecule has 1 atom stereocenters. The Morgan fingerprint density at radius 2 is 2.00 bits per heavy atom. The molecule has 0 fully saturated rings. The number of hydrogen-bond acceptors (Lipinski definition) is 3. The van der Waals surface area contributed by atoms with Gasteiger partial charge in [0, 0.05) is 17.8 Å². The molecule has 1 aromatic heterocycles. The minimum Gasteiger partial charge on any atom is -0.496 e. The van der Waals surface area contributed by atoms with Gasteiger partial charge in [-0.2, -0.15) is 0 Å². The van der Waals surface area contributed by atoms with Gasteiger partial charge in [0.05, 0.1) is 7.11 Å². The Kier molecular flexibility index (Phi) is 3.59. The van der Waals surface area contributed by atoms with E-state index in [-0.39, 0.29) is 0 Å². The van der Waals surface area contributed by atoms with Crippen LogP contribution < -0.4 is 4.74 Å². The highest BCUT2D eigenvalue weighted by Crippen LogP contribution is 2.30. The van der Waals surface area contributed by atoms with Crippen molar-refractivity contribution in [3.63, 3.8) is 0 Å². The number of rotatable bonds is 3. The van der Waals surface area contributed by atoms with Gasteiger partial charge < -0.3 is 9.84 Å². The number of benzene rings is 2. The Bertz CT molecular complexity index is 778. The molecule has 3 heteroatoms. The highest BCUT2D eigenvalue weighted by Gasteiger charge is 2.14. The minimum atomic E-state index is -0.678. The molecule has 0 saturated carbocycles. The van der Waals surface area contributed by atoms with Gasteiger partial charge in [-0.15, -0.1) is 0 Å². The average Bonchev–Trinajstić information content (AvgIpc) is 2.53. The summed E-state index contributed by atoms with van der Waals surface area (Å²) < 4.78 is 5.26. The molecule has 3 rings (SSSR count). The third-order valence-electron chi connectivity index (χ3n) is 3.75. The van der Waals surface area contributed by atoms with Crippen molar-refractivity contribution in [1.29, 1.82) is 0 Å². The van der Waals surface area contributed by atoms with Gasteiger partial charge in [0.25, 0.3) is 0 Å². The Labute approximate surface area is 123 Å². The minimum absolute atomic E-state index is 0.678. The molecule has 0 aliphatic heterocycles. The van der Waals surface area contributed by atoms with Crippen LogP contribution in [-0.4, -0.2) is 17.2 Å². The molecule has 21 heavy (non-hydrogen) atoms. The number of methoxy groups -OCH3 is 1. The molecular weight excluding hydrogens is 262 g/mol. The van der Waals surface area contributed by atoms with Crippen molar-refractivity contribution in [2.24, 2.45) is 0 Å². The fourth-order valence-corrected chi connectivity index (χ4v) is 2.63. The second-order valence-corrected chi connectivity index (χ2v) is 5.08. The second-order valence-electron chi connectivity index (χ2n) is 5.08. The fourth-order valence-electron chi connectivity index (χ4n) is 2.63. The third-order valence-corrected chi connectivity index (χ3v) is 3.75. The first kappa shape index (κ1) is 13.6. The number of aliphatic hydroxyl groups excluding tert-OH is 1. The summed E-state index contributed by atoms with van der Waals surface area (Å²) in [6, 6.07) is 13.6. The summed E-state index contributed by atoms with van der Waals surface area (Å²) in [5.41, 5.74) is 2.72. The van der Waals surface area contributed by atoms with Gasteiger partial charge in [-0.05, 0) is 47.2 Å². The van der Waals surface area contributed by atoms with Crippen molar-refractivity contribution in [3.05, 3.63) is 71.5 Å². The summed E-state index contributed by atoms with van der Waals surface area (Å²) in [5, 5.41) is 12.8. The summed E-state index contributed by atoms with van der Waals surface area (Å²) in [5.74, 6) is 0.825. The van der Waals surface area contributed by atoms with Crippen LogP contribution in [0.3, 0.4) is 0 Å². The second kappa shape index (κ2) is 5.54. The molecule has 1 unspecified atom stereocenters. The molecule has 0 saturated heterocycles. The van der Waals surface area contributed by atoms with Gasteiger partial charge in [-0.25, -0.2) is 0 Å². The highest BCUT2D eigenvalue weighted by atomic mass is 16.5. The van der Waals surface area contributed by atoms with Crippen LogP contribution in [0.2, 0.25) is 0 Å². The molecular formula is C18H17NO2. The molecule has 2 aromatic carbocycles. The van der Waals surface area contributed by atoms with E-state index in [4.69, 9.17) is 4.74 Å². The summed E-state index contributed by atoms with van der Waals surface area (Å²) in [7, 11) is 1.65. The molecule has 0 amide bonds. The monoisotopic (exact) mass is 279 g/mol. The first-order valence-corrected chi connectivity index (χ1v) is 6.86. The van der Waals surface area contributed by atoms with Crippen molar-refractivity contribution in [3.8, 4) is 5.75 Å². The maximum Gasteiger partial charge on any atom is 0.121 e. The lowest BCUT2D eigenvalue weighted by Gasteiger charge is -2.15. The predicted molar refractivity (Wildman–Crippen MR) is 83.5 cm³/mol. The van der Waals surface area contributed by atoms with Gasteiger partial charge in [0.2, 0.25) is 0 Å². The SMILES string of the molecule is COc1ccc(C(O)c2cccc3ccncc23)cc1C. The van der Waals surface area contributed by atoms with Gasteiger partial charge in [-0.1, -0.05) is 24.3 Å². The lowest BCUT2D eigenvalue weighted by molar-refractivity contribution is 0.221. The molecule has 0 aliphatic carbocycles. The van der Waals surface area contributed by atoms with Crippen LogP contribution in [0, 0.1) is 6.92 Å². The molecule has 0 spiro atoms. The van der Waals surface area contributed by atoms with Crippen molar-refractivity contribution in [1.82, 2.24) is 4.98 Å². The standard InChI is InChI=1S/C18H17NO2/c1-12-10-14(6-7-17(12)21-2)18(20)15-5-3-4-13-8-9-19-11-16(13)15/h3-11,18,20H,1-2H3. The Morgan fingerprint density at radius 3 is 2.76 bits per heavy atom. The van der Waals surface area contributed by atoms with E-state index in [0.29, 0.717) is 0 Å². The zero-order valence-corrected chi connectivity index (χ0v) is 12.1. The number of aliphatic hydroxyl groups is 1. The first-order chi connectivity index (χ1) is 10.2. The first-order valence-electron chi connectivity index (χ1n) is 6.86. The van der Waals surface area contributed by atoms with Crippen LogP contribution in [0.1, 0.15) is 22.8 Å². The predicted octanol–water partition coefficient (Wildman–Crippen LogP) is 3.63.